The van der Waals surface area contributed by atoms with Crippen molar-refractivity contribution in [3.8, 4) is 0 Å². The molecule has 0 bridgehead atoms. The van der Waals surface area contributed by atoms with Crippen LogP contribution >= 0.6 is 0 Å². The van der Waals surface area contributed by atoms with E-state index in [2.05, 4.69) is 10.1 Å². The molecule has 1 unspecified atom stereocenters. The summed E-state index contributed by atoms with van der Waals surface area (Å²) in [5.74, 6) is -0.712. The van der Waals surface area contributed by atoms with Crippen LogP contribution in [-0.2, 0) is 14.3 Å². The number of ether oxygens (including phenoxy) is 2. The van der Waals surface area contributed by atoms with E-state index in [1.54, 1.807) is 0 Å². The first-order chi connectivity index (χ1) is 7.40. The van der Waals surface area contributed by atoms with E-state index in [0.717, 1.165) is 7.11 Å². The number of alkyl halides is 3. The number of halogens is 3. The van der Waals surface area contributed by atoms with Gasteiger partial charge in [-0.05, 0) is 12.8 Å². The molecule has 0 saturated carbocycles. The lowest BCUT2D eigenvalue weighted by molar-refractivity contribution is -0.160. The molecule has 16 heavy (non-hydrogen) atoms. The van der Waals surface area contributed by atoms with E-state index in [-0.39, 0.29) is 13.0 Å². The fraction of sp³-hybridized carbons (Fsp3) is 0.889. The van der Waals surface area contributed by atoms with Crippen molar-refractivity contribution in [1.82, 2.24) is 5.32 Å². The summed E-state index contributed by atoms with van der Waals surface area (Å²) < 4.78 is 45.8. The molecule has 4 nitrogen and oxygen atoms in total. The number of esters is 1. The molecule has 0 amide bonds. The Kier molecular flexibility index (Phi) is 4.15. The van der Waals surface area contributed by atoms with Crippen LogP contribution in [0.4, 0.5) is 13.2 Å². The van der Waals surface area contributed by atoms with E-state index in [0.29, 0.717) is 13.0 Å². The predicted molar refractivity (Wildman–Crippen MR) is 48.9 cm³/mol. The molecule has 0 aliphatic carbocycles. The smallest absolute Gasteiger partial charge is 0.401 e. The topological polar surface area (TPSA) is 47.6 Å². The zero-order valence-corrected chi connectivity index (χ0v) is 8.89. The zero-order chi connectivity index (χ0) is 12.2. The van der Waals surface area contributed by atoms with Crippen molar-refractivity contribution in [2.24, 2.45) is 0 Å². The van der Waals surface area contributed by atoms with Crippen molar-refractivity contribution >= 4 is 5.97 Å². The second kappa shape index (κ2) is 5.01. The number of hydrogen-bond acceptors (Lipinski definition) is 4. The van der Waals surface area contributed by atoms with Gasteiger partial charge < -0.3 is 9.47 Å². The van der Waals surface area contributed by atoms with Gasteiger partial charge in [0.2, 0.25) is 0 Å². The maximum absolute atomic E-state index is 12.1. The highest BCUT2D eigenvalue weighted by atomic mass is 19.4. The zero-order valence-electron chi connectivity index (χ0n) is 8.89. The van der Waals surface area contributed by atoms with Crippen LogP contribution in [0.3, 0.4) is 0 Å². The minimum atomic E-state index is -4.36. The summed E-state index contributed by atoms with van der Waals surface area (Å²) in [5, 5.41) is 2.20. The predicted octanol–water partition coefficient (Wildman–Crippen LogP) is 0.860. The largest absolute Gasteiger partial charge is 0.468 e. The molecule has 1 saturated heterocycles. The average molecular weight is 241 g/mol. The van der Waals surface area contributed by atoms with Crippen LogP contribution in [0.25, 0.3) is 0 Å². The monoisotopic (exact) mass is 241 g/mol. The van der Waals surface area contributed by atoms with Crippen molar-refractivity contribution in [1.29, 1.82) is 0 Å². The van der Waals surface area contributed by atoms with Gasteiger partial charge in [0.25, 0.3) is 0 Å². The van der Waals surface area contributed by atoms with Gasteiger partial charge in [0, 0.05) is 6.61 Å². The summed E-state index contributed by atoms with van der Waals surface area (Å²) >= 11 is 0. The Balaban J connectivity index is 2.67. The van der Waals surface area contributed by atoms with E-state index in [9.17, 15) is 18.0 Å². The lowest BCUT2D eigenvalue weighted by Crippen LogP contribution is -2.59. The summed E-state index contributed by atoms with van der Waals surface area (Å²) in [6, 6.07) is 0. The normalized spacial score (nSPS) is 26.5. The average Bonchev–Trinajstić information content (AvgIpc) is 2.25. The lowest BCUT2D eigenvalue weighted by Gasteiger charge is -2.35. The summed E-state index contributed by atoms with van der Waals surface area (Å²) in [7, 11) is 1.15. The Bertz CT molecular complexity index is 249. The molecule has 1 rings (SSSR count). The molecule has 1 N–H and O–H groups in total. The Morgan fingerprint density at radius 2 is 2.25 bits per heavy atom. The molecule has 0 radical (unpaired) electrons. The quantitative estimate of drug-likeness (QED) is 0.744. The molecule has 1 aliphatic heterocycles. The summed E-state index contributed by atoms with van der Waals surface area (Å²) in [6.45, 7) is -0.867. The van der Waals surface area contributed by atoms with Gasteiger partial charge >= 0.3 is 12.1 Å². The minimum absolute atomic E-state index is 0.0875. The van der Waals surface area contributed by atoms with Crippen molar-refractivity contribution in [2.45, 2.75) is 24.6 Å². The van der Waals surface area contributed by atoms with Gasteiger partial charge in [-0.25, -0.2) is 4.79 Å². The highest BCUT2D eigenvalue weighted by molar-refractivity contribution is 5.81. The van der Waals surface area contributed by atoms with Gasteiger partial charge in [-0.3, -0.25) is 5.32 Å². The third-order valence-electron chi connectivity index (χ3n) is 2.44. The Hall–Kier alpha value is -0.820. The summed E-state index contributed by atoms with van der Waals surface area (Å²) in [5.41, 5.74) is -1.36. The molecule has 1 heterocycles. The SMILES string of the molecule is COC(=O)C1(NCC(F)(F)F)CCCOC1. The molecule has 0 aromatic heterocycles. The van der Waals surface area contributed by atoms with Crippen LogP contribution in [0.5, 0.6) is 0 Å². The molecular weight excluding hydrogens is 227 g/mol. The fourth-order valence-corrected chi connectivity index (χ4v) is 1.63. The van der Waals surface area contributed by atoms with Crippen molar-refractivity contribution in [3.63, 3.8) is 0 Å². The van der Waals surface area contributed by atoms with Gasteiger partial charge in [0.1, 0.15) is 5.54 Å². The first kappa shape index (κ1) is 13.2. The number of hydrogen-bond donors (Lipinski definition) is 1. The molecule has 0 aromatic carbocycles. The van der Waals surface area contributed by atoms with Crippen molar-refractivity contribution < 1.29 is 27.4 Å². The van der Waals surface area contributed by atoms with Crippen LogP contribution in [0.1, 0.15) is 12.8 Å². The van der Waals surface area contributed by atoms with Crippen molar-refractivity contribution in [2.75, 3.05) is 26.9 Å². The highest BCUT2D eigenvalue weighted by Gasteiger charge is 2.44. The van der Waals surface area contributed by atoms with E-state index < -0.39 is 24.2 Å². The first-order valence-electron chi connectivity index (χ1n) is 4.88. The summed E-state index contributed by atoms with van der Waals surface area (Å²) in [4.78, 5) is 11.5. The molecule has 0 aromatic rings. The molecule has 1 aliphatic rings. The molecule has 1 atom stereocenters. The third-order valence-corrected chi connectivity index (χ3v) is 2.44. The van der Waals surface area contributed by atoms with Crippen molar-refractivity contribution in [3.05, 3.63) is 0 Å². The lowest BCUT2D eigenvalue weighted by atomic mass is 9.92. The highest BCUT2D eigenvalue weighted by Crippen LogP contribution is 2.23. The third kappa shape index (κ3) is 3.34. The standard InChI is InChI=1S/C9H14F3NO3/c1-15-7(14)8(3-2-4-16-6-8)13-5-9(10,11)12/h13H,2-6H2,1H3. The van der Waals surface area contributed by atoms with Gasteiger partial charge in [-0.1, -0.05) is 0 Å². The van der Waals surface area contributed by atoms with Crippen LogP contribution in [-0.4, -0.2) is 44.6 Å². The van der Waals surface area contributed by atoms with Gasteiger partial charge in [0.05, 0.1) is 20.3 Å². The molecule has 94 valence electrons. The maximum Gasteiger partial charge on any atom is 0.401 e. The molecule has 7 heteroatoms. The molecular formula is C9H14F3NO3. The number of carbonyl (C=O) groups excluding carboxylic acids is 1. The van der Waals surface area contributed by atoms with Crippen LogP contribution in [0, 0.1) is 0 Å². The van der Waals surface area contributed by atoms with Crippen LogP contribution in [0.2, 0.25) is 0 Å². The van der Waals surface area contributed by atoms with E-state index >= 15 is 0 Å². The Labute approximate surface area is 91.1 Å². The second-order valence-corrected chi connectivity index (χ2v) is 3.70. The fourth-order valence-electron chi connectivity index (χ4n) is 1.63. The number of methoxy groups -OCH3 is 1. The minimum Gasteiger partial charge on any atom is -0.468 e. The first-order valence-corrected chi connectivity index (χ1v) is 4.88. The Morgan fingerprint density at radius 1 is 1.56 bits per heavy atom. The molecule has 1 fully saturated rings. The van der Waals surface area contributed by atoms with E-state index in [1.807, 2.05) is 0 Å². The number of rotatable bonds is 3. The van der Waals surface area contributed by atoms with Crippen LogP contribution in [0.15, 0.2) is 0 Å². The molecule has 0 spiro atoms. The van der Waals surface area contributed by atoms with E-state index in [1.165, 1.54) is 0 Å². The van der Waals surface area contributed by atoms with Gasteiger partial charge in [-0.2, -0.15) is 13.2 Å². The Morgan fingerprint density at radius 3 is 2.69 bits per heavy atom. The maximum atomic E-state index is 12.1. The van der Waals surface area contributed by atoms with E-state index in [4.69, 9.17) is 4.74 Å². The van der Waals surface area contributed by atoms with Gasteiger partial charge in [0.15, 0.2) is 0 Å². The number of nitrogens with one attached hydrogen (secondary N) is 1. The second-order valence-electron chi connectivity index (χ2n) is 3.70. The van der Waals surface area contributed by atoms with Crippen LogP contribution < -0.4 is 5.32 Å². The van der Waals surface area contributed by atoms with Gasteiger partial charge in [-0.15, -0.1) is 0 Å². The summed E-state index contributed by atoms with van der Waals surface area (Å²) in [6.07, 6.45) is -3.55. The number of carbonyl (C=O) groups is 1.